The average molecular weight is 336 g/mol. The number of hydrogen-bond donors (Lipinski definition) is 1. The summed E-state index contributed by atoms with van der Waals surface area (Å²) in [6.45, 7) is 1.69. The third kappa shape index (κ3) is 3.36. The highest BCUT2D eigenvalue weighted by molar-refractivity contribution is 7.89. The molecule has 0 aliphatic rings. The molecule has 0 fully saturated rings. The second-order valence-electron chi connectivity index (χ2n) is 4.13. The minimum atomic E-state index is -4.66. The summed E-state index contributed by atoms with van der Waals surface area (Å²) in [6.07, 6.45) is -2.54. The van der Waals surface area contributed by atoms with E-state index in [4.69, 9.17) is 9.88 Å². The first-order valence-corrected chi connectivity index (χ1v) is 7.46. The lowest BCUT2D eigenvalue weighted by molar-refractivity contribution is -0.141. The van der Waals surface area contributed by atoms with Gasteiger partial charge in [-0.3, -0.25) is 4.98 Å². The molecule has 0 amide bonds. The molecular formula is C11H11F3N4O3S. The van der Waals surface area contributed by atoms with Crippen LogP contribution in [0.2, 0.25) is 0 Å². The summed E-state index contributed by atoms with van der Waals surface area (Å²) in [5, 5.41) is 8.35. The number of nitrogens with zero attached hydrogens (tertiary/aromatic N) is 3. The second-order valence-corrected chi connectivity index (χ2v) is 5.70. The Morgan fingerprint density at radius 1 is 1.32 bits per heavy atom. The smallest absolute Gasteiger partial charge is 0.435 e. The normalized spacial score (nSPS) is 12.4. The zero-order valence-electron chi connectivity index (χ0n) is 11.2. The number of halogens is 3. The van der Waals surface area contributed by atoms with Crippen LogP contribution < -0.4 is 9.88 Å². The molecule has 0 aliphatic carbocycles. The van der Waals surface area contributed by atoms with E-state index >= 15 is 0 Å². The van der Waals surface area contributed by atoms with Gasteiger partial charge in [0.15, 0.2) is 5.69 Å². The molecule has 2 heterocycles. The summed E-state index contributed by atoms with van der Waals surface area (Å²) in [5.74, 6) is -0.191. The summed E-state index contributed by atoms with van der Waals surface area (Å²) < 4.78 is 66.7. The van der Waals surface area contributed by atoms with Gasteiger partial charge >= 0.3 is 6.18 Å². The average Bonchev–Trinajstić information content (AvgIpc) is 2.82. The monoisotopic (exact) mass is 336 g/mol. The van der Waals surface area contributed by atoms with Gasteiger partial charge in [-0.1, -0.05) is 0 Å². The number of rotatable bonds is 4. The number of aromatic nitrogens is 3. The van der Waals surface area contributed by atoms with E-state index in [0.29, 0.717) is 6.07 Å². The molecule has 2 aromatic heterocycles. The van der Waals surface area contributed by atoms with Crippen LogP contribution in [0.5, 0.6) is 5.88 Å². The van der Waals surface area contributed by atoms with Gasteiger partial charge in [-0.25, -0.2) is 13.6 Å². The molecule has 2 rings (SSSR count). The Hall–Kier alpha value is -2.14. The van der Waals surface area contributed by atoms with Crippen molar-refractivity contribution in [2.24, 2.45) is 5.14 Å². The molecule has 0 aromatic carbocycles. The van der Waals surface area contributed by atoms with Crippen molar-refractivity contribution in [2.75, 3.05) is 6.61 Å². The highest BCUT2D eigenvalue weighted by Crippen LogP contribution is 2.32. The summed E-state index contributed by atoms with van der Waals surface area (Å²) in [5.41, 5.74) is -1.19. The Bertz CT molecular complexity index is 786. The fraction of sp³-hybridized carbons (Fsp3) is 0.273. The van der Waals surface area contributed by atoms with Crippen LogP contribution in [-0.2, 0) is 16.2 Å². The maximum Gasteiger partial charge on any atom is 0.435 e. The van der Waals surface area contributed by atoms with E-state index in [2.05, 4.69) is 10.1 Å². The van der Waals surface area contributed by atoms with Crippen LogP contribution in [0.3, 0.4) is 0 Å². The topological polar surface area (TPSA) is 100 Å². The number of hydrogen-bond acceptors (Lipinski definition) is 5. The van der Waals surface area contributed by atoms with Gasteiger partial charge in [0, 0.05) is 12.3 Å². The molecule has 7 nitrogen and oxygen atoms in total. The molecule has 0 aliphatic heterocycles. The quantitative estimate of drug-likeness (QED) is 0.908. The van der Waals surface area contributed by atoms with Crippen molar-refractivity contribution in [3.8, 4) is 11.6 Å². The lowest BCUT2D eigenvalue weighted by Crippen LogP contribution is -2.13. The summed E-state index contributed by atoms with van der Waals surface area (Å²) in [7, 11) is -4.05. The van der Waals surface area contributed by atoms with E-state index in [-0.39, 0.29) is 23.1 Å². The van der Waals surface area contributed by atoms with Gasteiger partial charge in [-0.15, -0.1) is 0 Å². The Labute approximate surface area is 123 Å². The molecule has 0 saturated heterocycles. The van der Waals surface area contributed by atoms with E-state index in [0.717, 1.165) is 23.1 Å². The highest BCUT2D eigenvalue weighted by Gasteiger charge is 2.35. The Morgan fingerprint density at radius 3 is 2.55 bits per heavy atom. The zero-order chi connectivity index (χ0) is 16.5. The van der Waals surface area contributed by atoms with E-state index < -0.39 is 21.9 Å². The van der Waals surface area contributed by atoms with Gasteiger partial charge in [0.1, 0.15) is 4.90 Å². The molecule has 2 N–H and O–H groups in total. The SMILES string of the molecule is CCOc1cc(C(F)(F)F)nn1-c1cncc(S(N)(=O)=O)c1. The van der Waals surface area contributed by atoms with Crippen LogP contribution in [0.25, 0.3) is 5.69 Å². The second kappa shape index (κ2) is 5.57. The van der Waals surface area contributed by atoms with Gasteiger partial charge in [0.2, 0.25) is 15.9 Å². The van der Waals surface area contributed by atoms with Crippen LogP contribution >= 0.6 is 0 Å². The number of pyridine rings is 1. The van der Waals surface area contributed by atoms with Gasteiger partial charge in [-0.2, -0.15) is 23.0 Å². The Balaban J connectivity index is 2.59. The number of ether oxygens (including phenoxy) is 1. The lowest BCUT2D eigenvalue weighted by Gasteiger charge is -2.08. The van der Waals surface area contributed by atoms with Gasteiger partial charge in [0.05, 0.1) is 18.5 Å². The van der Waals surface area contributed by atoms with Crippen LogP contribution in [0.4, 0.5) is 13.2 Å². The molecule has 22 heavy (non-hydrogen) atoms. The van der Waals surface area contributed by atoms with Crippen molar-refractivity contribution in [1.29, 1.82) is 0 Å². The van der Waals surface area contributed by atoms with E-state index in [1.807, 2.05) is 0 Å². The number of alkyl halides is 3. The van der Waals surface area contributed by atoms with E-state index in [1.54, 1.807) is 6.92 Å². The minimum Gasteiger partial charge on any atom is -0.478 e. The number of primary sulfonamides is 1. The standard InChI is InChI=1S/C11H11F3N4O3S/c1-2-21-10-4-9(11(12,13)14)17-18(10)7-3-8(6-16-5-7)22(15,19)20/h3-6H,2H2,1H3,(H2,15,19,20). The summed E-state index contributed by atoms with van der Waals surface area (Å²) in [6, 6.07) is 1.77. The van der Waals surface area contributed by atoms with Crippen LogP contribution in [0, 0.1) is 0 Å². The Kier molecular flexibility index (Phi) is 4.11. The van der Waals surface area contributed by atoms with Crippen molar-refractivity contribution in [3.05, 3.63) is 30.2 Å². The van der Waals surface area contributed by atoms with Crippen molar-refractivity contribution in [3.63, 3.8) is 0 Å². The molecule has 120 valence electrons. The molecular weight excluding hydrogens is 325 g/mol. The summed E-state index contributed by atoms with van der Waals surface area (Å²) in [4.78, 5) is 3.29. The van der Waals surface area contributed by atoms with Crippen molar-refractivity contribution >= 4 is 10.0 Å². The lowest BCUT2D eigenvalue weighted by atomic mass is 10.4. The molecule has 0 radical (unpaired) electrons. The predicted octanol–water partition coefficient (Wildman–Crippen LogP) is 1.33. The third-order valence-electron chi connectivity index (χ3n) is 2.53. The molecule has 0 saturated carbocycles. The highest BCUT2D eigenvalue weighted by atomic mass is 32.2. The van der Waals surface area contributed by atoms with Gasteiger partial charge < -0.3 is 4.74 Å². The van der Waals surface area contributed by atoms with Crippen molar-refractivity contribution < 1.29 is 26.3 Å². The molecule has 0 spiro atoms. The molecule has 0 unspecified atom stereocenters. The maximum atomic E-state index is 12.7. The number of nitrogens with two attached hydrogens (primary N) is 1. The van der Waals surface area contributed by atoms with Gasteiger partial charge in [-0.05, 0) is 13.0 Å². The first kappa shape index (κ1) is 16.2. The molecule has 2 aromatic rings. The molecule has 0 atom stereocenters. The maximum absolute atomic E-state index is 12.7. The predicted molar refractivity (Wildman–Crippen MR) is 68.9 cm³/mol. The fourth-order valence-corrected chi connectivity index (χ4v) is 2.11. The molecule has 0 bridgehead atoms. The zero-order valence-corrected chi connectivity index (χ0v) is 12.0. The van der Waals surface area contributed by atoms with Crippen LogP contribution in [0.1, 0.15) is 12.6 Å². The first-order chi connectivity index (χ1) is 10.1. The fourth-order valence-electron chi connectivity index (χ4n) is 1.62. The van der Waals surface area contributed by atoms with Crippen molar-refractivity contribution in [1.82, 2.24) is 14.8 Å². The third-order valence-corrected chi connectivity index (χ3v) is 3.41. The van der Waals surface area contributed by atoms with E-state index in [1.165, 1.54) is 0 Å². The van der Waals surface area contributed by atoms with Crippen LogP contribution in [0.15, 0.2) is 29.4 Å². The van der Waals surface area contributed by atoms with E-state index in [9.17, 15) is 21.6 Å². The molecule has 11 heteroatoms. The number of sulfonamides is 1. The van der Waals surface area contributed by atoms with Crippen molar-refractivity contribution in [2.45, 2.75) is 18.0 Å². The minimum absolute atomic E-state index is 0.0227. The van der Waals surface area contributed by atoms with Gasteiger partial charge in [0.25, 0.3) is 0 Å². The first-order valence-electron chi connectivity index (χ1n) is 5.91. The summed E-state index contributed by atoms with van der Waals surface area (Å²) >= 11 is 0. The Morgan fingerprint density at radius 2 is 2.00 bits per heavy atom. The largest absolute Gasteiger partial charge is 0.478 e. The van der Waals surface area contributed by atoms with Crippen LogP contribution in [-0.4, -0.2) is 29.8 Å².